The van der Waals surface area contributed by atoms with Crippen LogP contribution in [-0.2, 0) is 19.4 Å². The van der Waals surface area contributed by atoms with E-state index in [-0.39, 0.29) is 19.3 Å². The molecular weight excluding hydrogens is 164 g/mol. The molecule has 0 atom stereocenters. The minimum absolute atomic E-state index is 0.0266. The molecular formula is C7H12O5. The van der Waals surface area contributed by atoms with Gasteiger partial charge in [0.05, 0.1) is 6.61 Å². The molecule has 0 saturated heterocycles. The Morgan fingerprint density at radius 2 is 2.00 bits per heavy atom. The van der Waals surface area contributed by atoms with E-state index >= 15 is 0 Å². The second-order valence-corrected chi connectivity index (χ2v) is 2.11. The Balaban J connectivity index is 3.25. The molecule has 70 valence electrons. The van der Waals surface area contributed by atoms with Crippen molar-refractivity contribution in [1.82, 2.24) is 0 Å². The van der Waals surface area contributed by atoms with Crippen LogP contribution in [0.1, 0.15) is 26.2 Å². The van der Waals surface area contributed by atoms with Crippen molar-refractivity contribution in [3.63, 3.8) is 0 Å². The maximum absolute atomic E-state index is 10.6. The van der Waals surface area contributed by atoms with Gasteiger partial charge in [0.2, 0.25) is 0 Å². The van der Waals surface area contributed by atoms with Gasteiger partial charge in [-0.2, -0.15) is 4.89 Å². The zero-order valence-electron chi connectivity index (χ0n) is 6.91. The van der Waals surface area contributed by atoms with E-state index < -0.39 is 11.9 Å². The monoisotopic (exact) mass is 176 g/mol. The molecule has 12 heavy (non-hydrogen) atoms. The van der Waals surface area contributed by atoms with E-state index in [0.29, 0.717) is 6.61 Å². The second kappa shape index (κ2) is 6.60. The molecule has 0 aromatic carbocycles. The van der Waals surface area contributed by atoms with Crippen molar-refractivity contribution in [2.24, 2.45) is 0 Å². The summed E-state index contributed by atoms with van der Waals surface area (Å²) in [4.78, 5) is 29.3. The van der Waals surface area contributed by atoms with E-state index in [4.69, 9.17) is 5.11 Å². The van der Waals surface area contributed by atoms with Gasteiger partial charge in [-0.15, -0.1) is 0 Å². The largest absolute Gasteiger partial charge is 0.481 e. The molecule has 0 aromatic heterocycles. The molecule has 0 amide bonds. The Morgan fingerprint density at radius 1 is 1.33 bits per heavy atom. The number of aliphatic carboxylic acids is 1. The molecule has 0 aromatic rings. The third-order valence-electron chi connectivity index (χ3n) is 1.04. The first-order valence-corrected chi connectivity index (χ1v) is 3.71. The first-order valence-electron chi connectivity index (χ1n) is 3.71. The molecule has 5 heteroatoms. The SMILES string of the molecule is CCOOC(=O)CCCC(=O)O. The maximum Gasteiger partial charge on any atom is 0.342 e. The summed E-state index contributed by atoms with van der Waals surface area (Å²) in [5.74, 6) is -1.45. The second-order valence-electron chi connectivity index (χ2n) is 2.11. The lowest BCUT2D eigenvalue weighted by atomic mass is 10.2. The van der Waals surface area contributed by atoms with Gasteiger partial charge in [0, 0.05) is 12.8 Å². The van der Waals surface area contributed by atoms with Gasteiger partial charge < -0.3 is 5.11 Å². The summed E-state index contributed by atoms with van der Waals surface area (Å²) in [7, 11) is 0. The highest BCUT2D eigenvalue weighted by Crippen LogP contribution is 1.97. The highest BCUT2D eigenvalue weighted by molar-refractivity contribution is 5.71. The van der Waals surface area contributed by atoms with Crippen molar-refractivity contribution in [1.29, 1.82) is 0 Å². The summed E-state index contributed by atoms with van der Waals surface area (Å²) < 4.78 is 0. The van der Waals surface area contributed by atoms with Crippen LogP contribution in [0.25, 0.3) is 0 Å². The van der Waals surface area contributed by atoms with E-state index in [2.05, 4.69) is 9.78 Å². The summed E-state index contributed by atoms with van der Waals surface area (Å²) >= 11 is 0. The van der Waals surface area contributed by atoms with Crippen LogP contribution in [0.4, 0.5) is 0 Å². The predicted molar refractivity (Wildman–Crippen MR) is 39.2 cm³/mol. The van der Waals surface area contributed by atoms with Crippen LogP contribution >= 0.6 is 0 Å². The van der Waals surface area contributed by atoms with Crippen LogP contribution in [0.15, 0.2) is 0 Å². The molecule has 0 aliphatic rings. The van der Waals surface area contributed by atoms with Crippen LogP contribution in [0.3, 0.4) is 0 Å². The normalized spacial score (nSPS) is 9.42. The van der Waals surface area contributed by atoms with Gasteiger partial charge in [-0.05, 0) is 13.3 Å². The number of hydrogen-bond donors (Lipinski definition) is 1. The number of carbonyl (C=O) groups excluding carboxylic acids is 1. The van der Waals surface area contributed by atoms with Gasteiger partial charge in [-0.3, -0.25) is 9.68 Å². The first kappa shape index (κ1) is 10.9. The van der Waals surface area contributed by atoms with E-state index in [0.717, 1.165) is 0 Å². The van der Waals surface area contributed by atoms with Crippen molar-refractivity contribution in [3.05, 3.63) is 0 Å². The lowest BCUT2D eigenvalue weighted by Crippen LogP contribution is -2.06. The van der Waals surface area contributed by atoms with Crippen LogP contribution in [0, 0.1) is 0 Å². The van der Waals surface area contributed by atoms with Gasteiger partial charge in [0.15, 0.2) is 0 Å². The average molecular weight is 176 g/mol. The van der Waals surface area contributed by atoms with Gasteiger partial charge in [0.25, 0.3) is 0 Å². The van der Waals surface area contributed by atoms with Crippen molar-refractivity contribution >= 4 is 11.9 Å². The number of carboxylic acid groups (broad SMARTS) is 1. The fourth-order valence-electron chi connectivity index (χ4n) is 0.550. The maximum atomic E-state index is 10.6. The van der Waals surface area contributed by atoms with Crippen molar-refractivity contribution in [2.45, 2.75) is 26.2 Å². The summed E-state index contributed by atoms with van der Waals surface area (Å²) in [5, 5.41) is 8.22. The van der Waals surface area contributed by atoms with Gasteiger partial charge in [-0.1, -0.05) is 0 Å². The number of carboxylic acids is 1. The Kier molecular flexibility index (Phi) is 6.00. The summed E-state index contributed by atoms with van der Waals surface area (Å²) in [6, 6.07) is 0. The summed E-state index contributed by atoms with van der Waals surface area (Å²) in [6.07, 6.45) is 0.328. The zero-order chi connectivity index (χ0) is 9.40. The van der Waals surface area contributed by atoms with Gasteiger partial charge >= 0.3 is 11.9 Å². The lowest BCUT2D eigenvalue weighted by molar-refractivity contribution is -0.269. The van der Waals surface area contributed by atoms with E-state index in [1.54, 1.807) is 6.92 Å². The van der Waals surface area contributed by atoms with Crippen LogP contribution in [-0.4, -0.2) is 23.7 Å². The molecule has 0 aliphatic heterocycles. The zero-order valence-corrected chi connectivity index (χ0v) is 6.91. The molecule has 0 aliphatic carbocycles. The third kappa shape index (κ3) is 7.01. The summed E-state index contributed by atoms with van der Waals surface area (Å²) in [5.41, 5.74) is 0. The topological polar surface area (TPSA) is 72.8 Å². The summed E-state index contributed by atoms with van der Waals surface area (Å²) in [6.45, 7) is 1.98. The minimum Gasteiger partial charge on any atom is -0.481 e. The van der Waals surface area contributed by atoms with Crippen LogP contribution in [0.2, 0.25) is 0 Å². The van der Waals surface area contributed by atoms with Crippen molar-refractivity contribution in [3.8, 4) is 0 Å². The molecule has 0 rings (SSSR count). The molecule has 1 N–H and O–H groups in total. The molecule has 0 radical (unpaired) electrons. The Hall–Kier alpha value is -1.10. The highest BCUT2D eigenvalue weighted by Gasteiger charge is 2.04. The highest BCUT2D eigenvalue weighted by atomic mass is 17.2. The lowest BCUT2D eigenvalue weighted by Gasteiger charge is -1.99. The predicted octanol–water partition coefficient (Wildman–Crippen LogP) is 0.736. The smallest absolute Gasteiger partial charge is 0.342 e. The number of hydrogen-bond acceptors (Lipinski definition) is 4. The first-order chi connectivity index (χ1) is 5.66. The standard InChI is InChI=1S/C7H12O5/c1-2-11-12-7(10)5-3-4-6(8)9/h2-5H2,1H3,(H,8,9). The van der Waals surface area contributed by atoms with E-state index in [9.17, 15) is 9.59 Å². The molecule has 5 nitrogen and oxygen atoms in total. The third-order valence-corrected chi connectivity index (χ3v) is 1.04. The number of rotatable bonds is 6. The molecule has 0 saturated carbocycles. The van der Waals surface area contributed by atoms with E-state index in [1.165, 1.54) is 0 Å². The molecule has 0 bridgehead atoms. The van der Waals surface area contributed by atoms with Crippen LogP contribution < -0.4 is 0 Å². The van der Waals surface area contributed by atoms with Gasteiger partial charge in [-0.25, -0.2) is 4.79 Å². The van der Waals surface area contributed by atoms with Gasteiger partial charge in [0.1, 0.15) is 0 Å². The van der Waals surface area contributed by atoms with Crippen molar-refractivity contribution < 1.29 is 24.5 Å². The van der Waals surface area contributed by atoms with Crippen LogP contribution in [0.5, 0.6) is 0 Å². The minimum atomic E-state index is -0.917. The Labute approximate surface area is 70.2 Å². The fourth-order valence-corrected chi connectivity index (χ4v) is 0.550. The van der Waals surface area contributed by atoms with E-state index in [1.807, 2.05) is 0 Å². The number of carbonyl (C=O) groups is 2. The fraction of sp³-hybridized carbons (Fsp3) is 0.714. The Morgan fingerprint density at radius 3 is 2.50 bits per heavy atom. The average Bonchev–Trinajstić information content (AvgIpc) is 2.00. The molecule has 0 fully saturated rings. The Bertz CT molecular complexity index is 154. The van der Waals surface area contributed by atoms with Crippen molar-refractivity contribution in [2.75, 3.05) is 6.61 Å². The molecule has 0 spiro atoms. The molecule has 0 unspecified atom stereocenters. The quantitative estimate of drug-likeness (QED) is 0.477. The molecule has 0 heterocycles.